The van der Waals surface area contributed by atoms with Crippen LogP contribution in [0, 0.1) is 6.92 Å². The fourth-order valence-electron chi connectivity index (χ4n) is 2.37. The second-order valence-corrected chi connectivity index (χ2v) is 6.15. The van der Waals surface area contributed by atoms with Gasteiger partial charge in [0.05, 0.1) is 15.2 Å². The number of hydrogen-bond acceptors (Lipinski definition) is 3. The van der Waals surface area contributed by atoms with E-state index in [1.165, 1.54) is 20.8 Å². The van der Waals surface area contributed by atoms with Crippen LogP contribution in [-0.4, -0.2) is 12.0 Å². The number of aromatic nitrogens is 1. The normalized spacial score (nSPS) is 12.7. The Labute approximate surface area is 123 Å². The van der Waals surface area contributed by atoms with Crippen molar-refractivity contribution in [2.24, 2.45) is 0 Å². The zero-order valence-corrected chi connectivity index (χ0v) is 12.6. The number of nitrogens with zero attached hydrogens (tertiary/aromatic N) is 1. The highest BCUT2D eigenvalue weighted by Crippen LogP contribution is 2.26. The van der Waals surface area contributed by atoms with Gasteiger partial charge in [-0.2, -0.15) is 0 Å². The van der Waals surface area contributed by atoms with Crippen LogP contribution in [0.5, 0.6) is 0 Å². The lowest BCUT2D eigenvalue weighted by Gasteiger charge is -2.15. The van der Waals surface area contributed by atoms with Gasteiger partial charge in [-0.1, -0.05) is 42.0 Å². The lowest BCUT2D eigenvalue weighted by atomic mass is 10.0. The van der Waals surface area contributed by atoms with Gasteiger partial charge in [0, 0.05) is 12.5 Å². The Hall–Kier alpha value is -1.71. The molecule has 2 nitrogen and oxygen atoms in total. The standard InChI is InChI=1S/C17H18N2S/c1-12-7-9-13(10-8-12)15(18-2)11-17-19-14-5-3-4-6-16(14)20-17/h3-10,15,18H,11H2,1-2H3. The Kier molecular flexibility index (Phi) is 3.81. The number of para-hydroxylation sites is 1. The molecule has 3 heteroatoms. The van der Waals surface area contributed by atoms with Crippen LogP contribution < -0.4 is 5.32 Å². The molecule has 0 saturated carbocycles. The summed E-state index contributed by atoms with van der Waals surface area (Å²) in [6.07, 6.45) is 0.929. The number of fused-ring (bicyclic) bond motifs is 1. The van der Waals surface area contributed by atoms with E-state index >= 15 is 0 Å². The molecule has 1 atom stereocenters. The molecular formula is C17H18N2S. The van der Waals surface area contributed by atoms with Crippen LogP contribution >= 0.6 is 11.3 Å². The lowest BCUT2D eigenvalue weighted by molar-refractivity contribution is 0.591. The van der Waals surface area contributed by atoms with E-state index in [-0.39, 0.29) is 0 Å². The second kappa shape index (κ2) is 5.73. The fourth-order valence-corrected chi connectivity index (χ4v) is 3.38. The van der Waals surface area contributed by atoms with Crippen molar-refractivity contribution in [3.05, 3.63) is 64.7 Å². The molecule has 1 N–H and O–H groups in total. The average Bonchev–Trinajstić information content (AvgIpc) is 2.88. The maximum absolute atomic E-state index is 4.72. The molecule has 20 heavy (non-hydrogen) atoms. The van der Waals surface area contributed by atoms with Crippen molar-refractivity contribution in [2.75, 3.05) is 7.05 Å². The quantitative estimate of drug-likeness (QED) is 0.779. The van der Waals surface area contributed by atoms with Crippen molar-refractivity contribution >= 4 is 21.6 Å². The first kappa shape index (κ1) is 13.3. The molecule has 1 heterocycles. The monoisotopic (exact) mass is 282 g/mol. The average molecular weight is 282 g/mol. The third-order valence-corrected chi connectivity index (χ3v) is 4.60. The van der Waals surface area contributed by atoms with Gasteiger partial charge in [-0.15, -0.1) is 11.3 Å². The molecule has 102 valence electrons. The first-order valence-electron chi connectivity index (χ1n) is 6.84. The van der Waals surface area contributed by atoms with Crippen LogP contribution in [0.25, 0.3) is 10.2 Å². The Balaban J connectivity index is 1.85. The van der Waals surface area contributed by atoms with Gasteiger partial charge in [-0.3, -0.25) is 0 Å². The largest absolute Gasteiger partial charge is 0.313 e. The highest BCUT2D eigenvalue weighted by atomic mass is 32.1. The molecule has 3 aromatic rings. The molecule has 2 aromatic carbocycles. The number of nitrogens with one attached hydrogen (secondary N) is 1. The van der Waals surface area contributed by atoms with E-state index in [0.29, 0.717) is 6.04 Å². The van der Waals surface area contributed by atoms with E-state index < -0.39 is 0 Å². The summed E-state index contributed by atoms with van der Waals surface area (Å²) in [4.78, 5) is 4.72. The summed E-state index contributed by atoms with van der Waals surface area (Å²) >= 11 is 1.79. The van der Waals surface area contributed by atoms with Crippen molar-refractivity contribution in [2.45, 2.75) is 19.4 Å². The molecule has 0 radical (unpaired) electrons. The second-order valence-electron chi connectivity index (χ2n) is 5.03. The first-order valence-corrected chi connectivity index (χ1v) is 7.66. The van der Waals surface area contributed by atoms with Crippen LogP contribution in [0.4, 0.5) is 0 Å². The fraction of sp³-hybridized carbons (Fsp3) is 0.235. The molecule has 1 unspecified atom stereocenters. The number of aryl methyl sites for hydroxylation is 1. The maximum atomic E-state index is 4.72. The van der Waals surface area contributed by atoms with Crippen LogP contribution in [0.3, 0.4) is 0 Å². The van der Waals surface area contributed by atoms with Crippen molar-refractivity contribution in [1.82, 2.24) is 10.3 Å². The molecule has 3 rings (SSSR count). The minimum atomic E-state index is 0.316. The number of benzene rings is 2. The zero-order chi connectivity index (χ0) is 13.9. The number of hydrogen-bond donors (Lipinski definition) is 1. The summed E-state index contributed by atoms with van der Waals surface area (Å²) in [5.74, 6) is 0. The molecule has 0 aliphatic rings. The lowest BCUT2D eigenvalue weighted by Crippen LogP contribution is -2.18. The molecule has 0 spiro atoms. The summed E-state index contributed by atoms with van der Waals surface area (Å²) in [5, 5.41) is 4.58. The van der Waals surface area contributed by atoms with Crippen molar-refractivity contribution in [1.29, 1.82) is 0 Å². The van der Waals surface area contributed by atoms with E-state index in [9.17, 15) is 0 Å². The number of rotatable bonds is 4. The molecule has 0 saturated heterocycles. The Bertz CT molecular complexity index is 667. The minimum Gasteiger partial charge on any atom is -0.313 e. The van der Waals surface area contributed by atoms with E-state index in [4.69, 9.17) is 4.98 Å². The van der Waals surface area contributed by atoms with E-state index in [0.717, 1.165) is 11.9 Å². The summed E-state index contributed by atoms with van der Waals surface area (Å²) < 4.78 is 1.27. The number of likely N-dealkylation sites (N-methyl/N-ethyl adjacent to an activating group) is 1. The van der Waals surface area contributed by atoms with Crippen LogP contribution in [0.1, 0.15) is 22.2 Å². The van der Waals surface area contributed by atoms with Gasteiger partial charge >= 0.3 is 0 Å². The molecular weight excluding hydrogens is 264 g/mol. The van der Waals surface area contributed by atoms with Gasteiger partial charge in [0.25, 0.3) is 0 Å². The predicted octanol–water partition coefficient (Wildman–Crippen LogP) is 4.11. The smallest absolute Gasteiger partial charge is 0.0957 e. The van der Waals surface area contributed by atoms with Gasteiger partial charge in [0.2, 0.25) is 0 Å². The van der Waals surface area contributed by atoms with Gasteiger partial charge in [-0.05, 0) is 31.7 Å². The van der Waals surface area contributed by atoms with Crippen LogP contribution in [0.15, 0.2) is 48.5 Å². The van der Waals surface area contributed by atoms with Crippen LogP contribution in [0.2, 0.25) is 0 Å². The maximum Gasteiger partial charge on any atom is 0.0957 e. The van der Waals surface area contributed by atoms with E-state index in [1.54, 1.807) is 11.3 Å². The molecule has 0 amide bonds. The molecule has 1 aromatic heterocycles. The predicted molar refractivity (Wildman–Crippen MR) is 86.3 cm³/mol. The summed E-state index contributed by atoms with van der Waals surface area (Å²) in [6, 6.07) is 17.4. The van der Waals surface area contributed by atoms with Crippen molar-refractivity contribution in [3.63, 3.8) is 0 Å². The Morgan fingerprint density at radius 1 is 1.10 bits per heavy atom. The highest BCUT2D eigenvalue weighted by molar-refractivity contribution is 7.18. The summed E-state index contributed by atoms with van der Waals surface area (Å²) in [7, 11) is 2.01. The Morgan fingerprint density at radius 2 is 1.85 bits per heavy atom. The van der Waals surface area contributed by atoms with Gasteiger partial charge < -0.3 is 5.32 Å². The summed E-state index contributed by atoms with van der Waals surface area (Å²) in [6.45, 7) is 2.12. The third kappa shape index (κ3) is 2.74. The zero-order valence-electron chi connectivity index (χ0n) is 11.8. The van der Waals surface area contributed by atoms with Crippen molar-refractivity contribution in [3.8, 4) is 0 Å². The van der Waals surface area contributed by atoms with Crippen LogP contribution in [-0.2, 0) is 6.42 Å². The molecule has 0 fully saturated rings. The minimum absolute atomic E-state index is 0.316. The topological polar surface area (TPSA) is 24.9 Å². The Morgan fingerprint density at radius 3 is 2.55 bits per heavy atom. The highest BCUT2D eigenvalue weighted by Gasteiger charge is 2.13. The molecule has 0 aliphatic carbocycles. The van der Waals surface area contributed by atoms with Crippen molar-refractivity contribution < 1.29 is 0 Å². The molecule has 0 aliphatic heterocycles. The third-order valence-electron chi connectivity index (χ3n) is 3.55. The summed E-state index contributed by atoms with van der Waals surface area (Å²) in [5.41, 5.74) is 3.72. The SMILES string of the molecule is CNC(Cc1nc2ccccc2s1)c1ccc(C)cc1. The first-order chi connectivity index (χ1) is 9.76. The van der Waals surface area contributed by atoms with E-state index in [2.05, 4.69) is 54.7 Å². The van der Waals surface area contributed by atoms with Gasteiger partial charge in [0.1, 0.15) is 0 Å². The van der Waals surface area contributed by atoms with Gasteiger partial charge in [0.15, 0.2) is 0 Å². The van der Waals surface area contributed by atoms with E-state index in [1.807, 2.05) is 13.1 Å². The molecule has 0 bridgehead atoms. The number of thiazole rings is 1. The van der Waals surface area contributed by atoms with Gasteiger partial charge in [-0.25, -0.2) is 4.98 Å².